The van der Waals surface area contributed by atoms with Crippen molar-refractivity contribution in [1.29, 1.82) is 5.26 Å². The molecule has 4 rings (SSSR count). The number of fused-ring (bicyclic) bond motifs is 2. The van der Waals surface area contributed by atoms with Gasteiger partial charge in [0.25, 0.3) is 5.91 Å². The maximum absolute atomic E-state index is 12.9. The van der Waals surface area contributed by atoms with Crippen LogP contribution in [0.2, 0.25) is 0 Å². The predicted octanol–water partition coefficient (Wildman–Crippen LogP) is 1.87. The fourth-order valence-electron chi connectivity index (χ4n) is 4.57. The van der Waals surface area contributed by atoms with E-state index in [4.69, 9.17) is 4.74 Å². The van der Waals surface area contributed by atoms with E-state index in [-0.39, 0.29) is 18.4 Å². The third kappa shape index (κ3) is 3.98. The summed E-state index contributed by atoms with van der Waals surface area (Å²) in [4.78, 5) is 27.4. The van der Waals surface area contributed by atoms with Crippen LogP contribution in [0, 0.1) is 17.2 Å². The molecule has 2 heterocycles. The SMILES string of the molecule is COC(=O)[C@H]1Cc2ccccc2C[NH+]1CC(=O)Nc1sc2c(c1C#N)CC[C@@H](C)C2. The molecule has 0 spiro atoms. The summed E-state index contributed by atoms with van der Waals surface area (Å²) in [5.41, 5.74) is 3.99. The van der Waals surface area contributed by atoms with Gasteiger partial charge < -0.3 is 15.0 Å². The molecule has 6 nitrogen and oxygen atoms in total. The van der Waals surface area contributed by atoms with Crippen molar-refractivity contribution in [3.63, 3.8) is 0 Å². The van der Waals surface area contributed by atoms with Crippen molar-refractivity contribution in [3.05, 3.63) is 51.4 Å². The molecule has 0 saturated heterocycles. The van der Waals surface area contributed by atoms with Crippen molar-refractivity contribution in [2.75, 3.05) is 19.0 Å². The van der Waals surface area contributed by atoms with E-state index in [0.717, 1.165) is 40.9 Å². The molecule has 0 radical (unpaired) electrons. The summed E-state index contributed by atoms with van der Waals surface area (Å²) in [5, 5.41) is 13.3. The van der Waals surface area contributed by atoms with Crippen molar-refractivity contribution in [3.8, 4) is 6.07 Å². The van der Waals surface area contributed by atoms with E-state index in [1.165, 1.54) is 23.3 Å². The number of thiophene rings is 1. The lowest BCUT2D eigenvalue weighted by atomic mass is 9.88. The van der Waals surface area contributed by atoms with Crippen LogP contribution in [0.25, 0.3) is 0 Å². The lowest BCUT2D eigenvalue weighted by Crippen LogP contribution is -3.17. The van der Waals surface area contributed by atoms with E-state index in [1.807, 2.05) is 24.3 Å². The summed E-state index contributed by atoms with van der Waals surface area (Å²) in [7, 11) is 1.39. The van der Waals surface area contributed by atoms with Crippen LogP contribution >= 0.6 is 11.3 Å². The molecule has 2 N–H and O–H groups in total. The Morgan fingerprint density at radius 3 is 2.80 bits per heavy atom. The quantitative estimate of drug-likeness (QED) is 0.734. The number of ether oxygens (including phenoxy) is 1. The number of methoxy groups -OCH3 is 1. The molecule has 0 saturated carbocycles. The lowest BCUT2D eigenvalue weighted by Gasteiger charge is -2.31. The molecule has 1 aromatic heterocycles. The molecule has 156 valence electrons. The average molecular weight is 425 g/mol. The van der Waals surface area contributed by atoms with Gasteiger partial charge in [0.1, 0.15) is 17.6 Å². The number of nitriles is 1. The van der Waals surface area contributed by atoms with Gasteiger partial charge in [0.15, 0.2) is 12.6 Å². The second-order valence-corrected chi connectivity index (χ2v) is 9.38. The first-order valence-electron chi connectivity index (χ1n) is 10.3. The Bertz CT molecular complexity index is 1020. The molecule has 1 aliphatic carbocycles. The van der Waals surface area contributed by atoms with Crippen molar-refractivity contribution in [2.45, 2.75) is 45.2 Å². The summed E-state index contributed by atoms with van der Waals surface area (Å²) in [6.45, 7) is 2.96. The molecular formula is C23H26N3O3S+. The van der Waals surface area contributed by atoms with Gasteiger partial charge in [-0.3, -0.25) is 4.79 Å². The molecule has 1 aliphatic heterocycles. The van der Waals surface area contributed by atoms with Crippen molar-refractivity contribution >= 4 is 28.2 Å². The number of esters is 1. The van der Waals surface area contributed by atoms with Gasteiger partial charge in [-0.05, 0) is 36.3 Å². The zero-order chi connectivity index (χ0) is 21.3. The van der Waals surface area contributed by atoms with Gasteiger partial charge in [0.05, 0.1) is 12.7 Å². The van der Waals surface area contributed by atoms with E-state index in [9.17, 15) is 14.9 Å². The fraction of sp³-hybridized carbons (Fsp3) is 0.435. The minimum atomic E-state index is -0.413. The Morgan fingerprint density at radius 1 is 1.30 bits per heavy atom. The number of hydrogen-bond acceptors (Lipinski definition) is 5. The first-order chi connectivity index (χ1) is 14.5. The van der Waals surface area contributed by atoms with E-state index in [1.54, 1.807) is 0 Å². The van der Waals surface area contributed by atoms with E-state index in [0.29, 0.717) is 29.4 Å². The molecule has 1 unspecified atom stereocenters. The number of amides is 1. The van der Waals surface area contributed by atoms with Gasteiger partial charge in [-0.2, -0.15) is 5.26 Å². The zero-order valence-corrected chi connectivity index (χ0v) is 18.1. The number of hydrogen-bond donors (Lipinski definition) is 2. The number of nitrogens with one attached hydrogen (secondary N) is 2. The Morgan fingerprint density at radius 2 is 2.07 bits per heavy atom. The topological polar surface area (TPSA) is 83.6 Å². The minimum Gasteiger partial charge on any atom is -0.465 e. The highest BCUT2D eigenvalue weighted by Crippen LogP contribution is 2.39. The Labute approximate surface area is 180 Å². The van der Waals surface area contributed by atoms with Gasteiger partial charge in [-0.1, -0.05) is 31.2 Å². The van der Waals surface area contributed by atoms with Crippen LogP contribution in [0.4, 0.5) is 5.00 Å². The van der Waals surface area contributed by atoms with Crippen LogP contribution in [0.15, 0.2) is 24.3 Å². The maximum Gasteiger partial charge on any atom is 0.365 e. The van der Waals surface area contributed by atoms with Gasteiger partial charge in [0, 0.05) is 16.9 Å². The molecule has 2 aliphatic rings. The second kappa shape index (κ2) is 8.58. The third-order valence-corrected chi connectivity index (χ3v) is 7.37. The number of quaternary nitrogens is 1. The number of anilines is 1. The van der Waals surface area contributed by atoms with Gasteiger partial charge in [-0.25, -0.2) is 4.79 Å². The van der Waals surface area contributed by atoms with E-state index < -0.39 is 6.04 Å². The third-order valence-electron chi connectivity index (χ3n) is 6.20. The predicted molar refractivity (Wildman–Crippen MR) is 114 cm³/mol. The Hall–Kier alpha value is -2.69. The van der Waals surface area contributed by atoms with Crippen molar-refractivity contribution in [1.82, 2.24) is 0 Å². The number of carbonyl (C=O) groups excluding carboxylic acids is 2. The van der Waals surface area contributed by atoms with Gasteiger partial charge in [0.2, 0.25) is 0 Å². The van der Waals surface area contributed by atoms with Crippen LogP contribution in [-0.2, 0) is 40.1 Å². The average Bonchev–Trinajstić information content (AvgIpc) is 3.08. The number of benzene rings is 1. The van der Waals surface area contributed by atoms with Crippen LogP contribution in [-0.4, -0.2) is 31.6 Å². The largest absolute Gasteiger partial charge is 0.465 e. The highest BCUT2D eigenvalue weighted by Gasteiger charge is 2.37. The maximum atomic E-state index is 12.9. The molecule has 1 amide bonds. The Kier molecular flexibility index (Phi) is 5.89. The van der Waals surface area contributed by atoms with Crippen molar-refractivity contribution in [2.24, 2.45) is 5.92 Å². The molecule has 0 fully saturated rings. The number of rotatable bonds is 4. The molecule has 2 aromatic rings. The second-order valence-electron chi connectivity index (χ2n) is 8.28. The first kappa shape index (κ1) is 20.6. The smallest absolute Gasteiger partial charge is 0.365 e. The summed E-state index contributed by atoms with van der Waals surface area (Å²) >= 11 is 1.53. The minimum absolute atomic E-state index is 0.151. The number of nitrogens with zero attached hydrogens (tertiary/aromatic N) is 1. The standard InChI is InChI=1S/C23H25N3O3S/c1-14-7-8-17-18(11-24)22(30-20(17)9-14)25-21(27)13-26-12-16-6-4-3-5-15(16)10-19(26)23(28)29-2/h3-6,14,19H,7-10,12-13H2,1-2H3,(H,25,27)/p+1/t14-,19-/m1/s1. The summed E-state index contributed by atoms with van der Waals surface area (Å²) < 4.78 is 5.00. The summed E-state index contributed by atoms with van der Waals surface area (Å²) in [6, 6.07) is 9.89. The summed E-state index contributed by atoms with van der Waals surface area (Å²) in [6.07, 6.45) is 3.48. The molecule has 30 heavy (non-hydrogen) atoms. The highest BCUT2D eigenvalue weighted by molar-refractivity contribution is 7.16. The molecule has 1 aromatic carbocycles. The highest BCUT2D eigenvalue weighted by atomic mass is 32.1. The Balaban J connectivity index is 1.52. The van der Waals surface area contributed by atoms with E-state index >= 15 is 0 Å². The van der Waals surface area contributed by atoms with Crippen molar-refractivity contribution < 1.29 is 19.2 Å². The van der Waals surface area contributed by atoms with Crippen LogP contribution in [0.3, 0.4) is 0 Å². The summed E-state index contributed by atoms with van der Waals surface area (Å²) in [5.74, 6) is 0.122. The number of carbonyl (C=O) groups is 2. The lowest BCUT2D eigenvalue weighted by molar-refractivity contribution is -0.924. The molecule has 0 bridgehead atoms. The zero-order valence-electron chi connectivity index (χ0n) is 17.3. The molecular weight excluding hydrogens is 398 g/mol. The fourth-order valence-corrected chi connectivity index (χ4v) is 5.95. The monoisotopic (exact) mass is 424 g/mol. The van der Waals surface area contributed by atoms with Crippen LogP contribution in [0.5, 0.6) is 0 Å². The van der Waals surface area contributed by atoms with Crippen LogP contribution < -0.4 is 10.2 Å². The first-order valence-corrected chi connectivity index (χ1v) is 11.2. The molecule has 7 heteroatoms. The van der Waals surface area contributed by atoms with Crippen LogP contribution in [0.1, 0.15) is 40.5 Å². The molecule has 3 atom stereocenters. The van der Waals surface area contributed by atoms with Gasteiger partial charge in [-0.15, -0.1) is 11.3 Å². The van der Waals surface area contributed by atoms with Gasteiger partial charge >= 0.3 is 5.97 Å². The van der Waals surface area contributed by atoms with E-state index in [2.05, 4.69) is 18.3 Å². The normalized spacial score (nSPS) is 22.4.